The SMILES string of the molecule is Cc1ccc(C)c(CSc2nc3cc(S(=O)(=O)N4CCCC4)ccc3n2C[C@H]2CCCO2)c1. The number of aryl methyl sites for hydroxylation is 2. The van der Waals surface area contributed by atoms with Gasteiger partial charge in [0.25, 0.3) is 0 Å². The molecule has 2 saturated heterocycles. The van der Waals surface area contributed by atoms with Crippen LogP contribution in [0.3, 0.4) is 0 Å². The number of ether oxygens (including phenoxy) is 1. The highest BCUT2D eigenvalue weighted by Gasteiger charge is 2.28. The maximum Gasteiger partial charge on any atom is 0.243 e. The summed E-state index contributed by atoms with van der Waals surface area (Å²) in [5.74, 6) is 0.821. The van der Waals surface area contributed by atoms with Crippen LogP contribution < -0.4 is 0 Å². The van der Waals surface area contributed by atoms with Gasteiger partial charge in [-0.25, -0.2) is 13.4 Å². The molecule has 0 aliphatic carbocycles. The largest absolute Gasteiger partial charge is 0.376 e. The Kier molecular flexibility index (Phi) is 6.53. The van der Waals surface area contributed by atoms with Gasteiger partial charge in [0.05, 0.1) is 28.6 Å². The van der Waals surface area contributed by atoms with Crippen LogP contribution in [0.1, 0.15) is 42.4 Å². The number of rotatable bonds is 7. The molecule has 3 aromatic rings. The van der Waals surface area contributed by atoms with Crippen molar-refractivity contribution < 1.29 is 13.2 Å². The number of imidazole rings is 1. The Morgan fingerprint density at radius 2 is 1.91 bits per heavy atom. The van der Waals surface area contributed by atoms with Crippen molar-refractivity contribution in [2.75, 3.05) is 19.7 Å². The molecule has 33 heavy (non-hydrogen) atoms. The molecule has 0 unspecified atom stereocenters. The van der Waals surface area contributed by atoms with Crippen LogP contribution in [-0.4, -0.2) is 48.1 Å². The maximum atomic E-state index is 13.1. The molecule has 1 aromatic heterocycles. The van der Waals surface area contributed by atoms with Crippen molar-refractivity contribution in [3.05, 3.63) is 53.1 Å². The molecular weight excluding hydrogens is 454 g/mol. The Hall–Kier alpha value is -1.87. The predicted molar refractivity (Wildman–Crippen MR) is 132 cm³/mol. The van der Waals surface area contributed by atoms with Crippen molar-refractivity contribution in [3.63, 3.8) is 0 Å². The van der Waals surface area contributed by atoms with E-state index in [1.165, 1.54) is 16.7 Å². The molecule has 2 aliphatic rings. The Morgan fingerprint density at radius 1 is 1.09 bits per heavy atom. The summed E-state index contributed by atoms with van der Waals surface area (Å²) < 4.78 is 35.9. The van der Waals surface area contributed by atoms with E-state index in [0.29, 0.717) is 18.0 Å². The molecule has 0 saturated carbocycles. The third-order valence-electron chi connectivity index (χ3n) is 6.66. The molecule has 5 rings (SSSR count). The van der Waals surface area contributed by atoms with Crippen LogP contribution >= 0.6 is 11.8 Å². The van der Waals surface area contributed by atoms with Gasteiger partial charge in [-0.3, -0.25) is 0 Å². The van der Waals surface area contributed by atoms with Crippen molar-refractivity contribution >= 4 is 32.8 Å². The first-order valence-electron chi connectivity index (χ1n) is 11.7. The summed E-state index contributed by atoms with van der Waals surface area (Å²) in [4.78, 5) is 5.25. The Labute approximate surface area is 200 Å². The quantitative estimate of drug-likeness (QED) is 0.445. The molecule has 6 nitrogen and oxygen atoms in total. The van der Waals surface area contributed by atoms with Crippen LogP contribution in [0.5, 0.6) is 0 Å². The van der Waals surface area contributed by atoms with Crippen LogP contribution in [0.25, 0.3) is 11.0 Å². The first-order valence-corrected chi connectivity index (χ1v) is 14.2. The summed E-state index contributed by atoms with van der Waals surface area (Å²) in [5, 5.41) is 0.914. The Morgan fingerprint density at radius 3 is 2.67 bits per heavy atom. The van der Waals surface area contributed by atoms with Crippen molar-refractivity contribution in [2.24, 2.45) is 0 Å². The molecule has 3 heterocycles. The Bertz CT molecular complexity index is 1260. The third-order valence-corrected chi connectivity index (χ3v) is 9.58. The minimum atomic E-state index is -3.47. The summed E-state index contributed by atoms with van der Waals surface area (Å²) in [6.45, 7) is 7.00. The average molecular weight is 486 g/mol. The molecule has 0 N–H and O–H groups in total. The van der Waals surface area contributed by atoms with Crippen molar-refractivity contribution in [1.82, 2.24) is 13.9 Å². The summed E-state index contributed by atoms with van der Waals surface area (Å²) in [6, 6.07) is 11.9. The summed E-state index contributed by atoms with van der Waals surface area (Å²) in [6.07, 6.45) is 4.16. The first kappa shape index (κ1) is 22.9. The third kappa shape index (κ3) is 4.71. The van der Waals surface area contributed by atoms with Crippen molar-refractivity contribution in [1.29, 1.82) is 0 Å². The smallest absolute Gasteiger partial charge is 0.243 e. The zero-order valence-electron chi connectivity index (χ0n) is 19.3. The van der Waals surface area contributed by atoms with E-state index in [4.69, 9.17) is 9.72 Å². The van der Waals surface area contributed by atoms with Crippen LogP contribution in [-0.2, 0) is 27.1 Å². The zero-order chi connectivity index (χ0) is 23.0. The highest BCUT2D eigenvalue weighted by molar-refractivity contribution is 7.98. The molecule has 2 aromatic carbocycles. The number of aromatic nitrogens is 2. The number of hydrogen-bond acceptors (Lipinski definition) is 5. The van der Waals surface area contributed by atoms with E-state index in [-0.39, 0.29) is 6.10 Å². The highest BCUT2D eigenvalue weighted by atomic mass is 32.2. The number of fused-ring (bicyclic) bond motifs is 1. The van der Waals surface area contributed by atoms with Crippen LogP contribution in [0.4, 0.5) is 0 Å². The van der Waals surface area contributed by atoms with Gasteiger partial charge in [-0.1, -0.05) is 35.5 Å². The topological polar surface area (TPSA) is 64.4 Å². The number of benzene rings is 2. The van der Waals surface area contributed by atoms with E-state index in [1.807, 2.05) is 6.07 Å². The lowest BCUT2D eigenvalue weighted by molar-refractivity contribution is 0.0960. The van der Waals surface area contributed by atoms with Crippen LogP contribution in [0, 0.1) is 13.8 Å². The lowest BCUT2D eigenvalue weighted by atomic mass is 10.1. The Balaban J connectivity index is 1.49. The minimum Gasteiger partial charge on any atom is -0.376 e. The zero-order valence-corrected chi connectivity index (χ0v) is 20.9. The summed E-state index contributed by atoms with van der Waals surface area (Å²) >= 11 is 1.71. The number of sulfonamides is 1. The number of hydrogen-bond donors (Lipinski definition) is 0. The van der Waals surface area contributed by atoms with E-state index in [9.17, 15) is 8.42 Å². The van der Waals surface area contributed by atoms with E-state index in [1.54, 1.807) is 28.2 Å². The lowest BCUT2D eigenvalue weighted by Crippen LogP contribution is -2.27. The van der Waals surface area contributed by atoms with Crippen molar-refractivity contribution in [3.8, 4) is 0 Å². The molecule has 0 amide bonds. The second kappa shape index (κ2) is 9.41. The van der Waals surface area contributed by atoms with Gasteiger partial charge in [0, 0.05) is 25.4 Å². The van der Waals surface area contributed by atoms with Gasteiger partial charge in [-0.15, -0.1) is 0 Å². The van der Waals surface area contributed by atoms with Gasteiger partial charge in [-0.2, -0.15) is 4.31 Å². The molecule has 0 spiro atoms. The fourth-order valence-electron chi connectivity index (χ4n) is 4.70. The molecular formula is C25H31N3O3S2. The molecule has 8 heteroatoms. The second-order valence-electron chi connectivity index (χ2n) is 9.12. The summed E-state index contributed by atoms with van der Waals surface area (Å²) in [7, 11) is -3.47. The molecule has 0 bridgehead atoms. The first-order chi connectivity index (χ1) is 15.9. The van der Waals surface area contributed by atoms with Crippen LogP contribution in [0.2, 0.25) is 0 Å². The van der Waals surface area contributed by atoms with Gasteiger partial charge in [-0.05, 0) is 68.9 Å². The van der Waals surface area contributed by atoms with Gasteiger partial charge in [0.2, 0.25) is 10.0 Å². The van der Waals surface area contributed by atoms with E-state index in [0.717, 1.165) is 60.8 Å². The monoisotopic (exact) mass is 485 g/mol. The van der Waals surface area contributed by atoms with E-state index < -0.39 is 10.0 Å². The van der Waals surface area contributed by atoms with Gasteiger partial charge < -0.3 is 9.30 Å². The minimum absolute atomic E-state index is 0.176. The highest BCUT2D eigenvalue weighted by Crippen LogP contribution is 2.32. The number of nitrogens with zero attached hydrogens (tertiary/aromatic N) is 3. The van der Waals surface area contributed by atoms with Gasteiger partial charge in [0.1, 0.15) is 0 Å². The second-order valence-corrected chi connectivity index (χ2v) is 12.0. The molecule has 0 radical (unpaired) electrons. The predicted octanol–water partition coefficient (Wildman–Crippen LogP) is 4.91. The van der Waals surface area contributed by atoms with Crippen LogP contribution in [0.15, 0.2) is 46.5 Å². The normalized spacial score (nSPS) is 19.6. The van der Waals surface area contributed by atoms with Gasteiger partial charge in [0.15, 0.2) is 5.16 Å². The average Bonchev–Trinajstić information content (AvgIpc) is 3.56. The van der Waals surface area contributed by atoms with Crippen molar-refractivity contribution in [2.45, 2.75) is 68.0 Å². The molecule has 2 fully saturated rings. The molecule has 176 valence electrons. The molecule has 2 aliphatic heterocycles. The number of thioether (sulfide) groups is 1. The van der Waals surface area contributed by atoms with Gasteiger partial charge >= 0.3 is 0 Å². The maximum absolute atomic E-state index is 13.1. The molecule has 1 atom stereocenters. The lowest BCUT2D eigenvalue weighted by Gasteiger charge is -2.16. The fourth-order valence-corrected chi connectivity index (χ4v) is 7.33. The standard InChI is InChI=1S/C25H31N3O3S2/c1-18-7-8-19(2)20(14-18)17-32-25-26-23-15-22(33(29,30)27-11-3-4-12-27)9-10-24(23)28(25)16-21-6-5-13-31-21/h7-10,14-15,21H,3-6,11-13,16-17H2,1-2H3/t21-/m1/s1. The summed E-state index contributed by atoms with van der Waals surface area (Å²) in [5.41, 5.74) is 5.52. The fraction of sp³-hybridized carbons (Fsp3) is 0.480. The van der Waals surface area contributed by atoms with E-state index >= 15 is 0 Å². The van der Waals surface area contributed by atoms with E-state index in [2.05, 4.69) is 36.6 Å².